The molecule has 1 saturated carbocycles. The maximum absolute atomic E-state index is 5.19. The van der Waals surface area contributed by atoms with Gasteiger partial charge in [-0.1, -0.05) is 50.5 Å². The van der Waals surface area contributed by atoms with Gasteiger partial charge >= 0.3 is 0 Å². The van der Waals surface area contributed by atoms with Crippen LogP contribution in [0, 0.1) is 5.92 Å². The Kier molecular flexibility index (Phi) is 5.87. The molecule has 0 amide bonds. The summed E-state index contributed by atoms with van der Waals surface area (Å²) in [4.78, 5) is 0. The Morgan fingerprint density at radius 3 is 2.89 bits per heavy atom. The van der Waals surface area contributed by atoms with Crippen LogP contribution in [0.1, 0.15) is 50.2 Å². The molecular formula is C17H27NO. The maximum atomic E-state index is 5.19. The summed E-state index contributed by atoms with van der Waals surface area (Å²) >= 11 is 0. The second-order valence-corrected chi connectivity index (χ2v) is 5.77. The summed E-state index contributed by atoms with van der Waals surface area (Å²) in [5.41, 5.74) is 2.63. The summed E-state index contributed by atoms with van der Waals surface area (Å²) in [6.45, 7) is 4.01. The van der Waals surface area contributed by atoms with Gasteiger partial charge < -0.3 is 10.1 Å². The highest BCUT2D eigenvalue weighted by molar-refractivity contribution is 5.22. The normalized spacial score (nSPS) is 23.5. The molecule has 106 valence electrons. The third-order valence-electron chi connectivity index (χ3n) is 4.26. The quantitative estimate of drug-likeness (QED) is 0.838. The zero-order chi connectivity index (χ0) is 13.5. The molecule has 1 aromatic rings. The van der Waals surface area contributed by atoms with E-state index in [0.29, 0.717) is 12.6 Å². The van der Waals surface area contributed by atoms with Gasteiger partial charge in [-0.15, -0.1) is 0 Å². The lowest BCUT2D eigenvalue weighted by molar-refractivity contribution is 0.185. The molecule has 2 rings (SSSR count). The first-order valence-corrected chi connectivity index (χ1v) is 7.62. The molecule has 1 aliphatic rings. The van der Waals surface area contributed by atoms with Gasteiger partial charge in [0.2, 0.25) is 0 Å². The number of methoxy groups -OCH3 is 1. The Balaban J connectivity index is 1.82. The third kappa shape index (κ3) is 4.63. The van der Waals surface area contributed by atoms with Gasteiger partial charge in [0.05, 0.1) is 6.61 Å². The van der Waals surface area contributed by atoms with Gasteiger partial charge in [-0.3, -0.25) is 0 Å². The van der Waals surface area contributed by atoms with Gasteiger partial charge in [0.1, 0.15) is 0 Å². The smallest absolute Gasteiger partial charge is 0.0713 e. The molecule has 0 saturated heterocycles. The van der Waals surface area contributed by atoms with Crippen molar-refractivity contribution in [2.75, 3.05) is 7.11 Å². The van der Waals surface area contributed by atoms with Crippen LogP contribution in [0.5, 0.6) is 0 Å². The first-order valence-electron chi connectivity index (χ1n) is 7.62. The van der Waals surface area contributed by atoms with E-state index in [1.165, 1.54) is 43.2 Å². The molecule has 0 bridgehead atoms. The van der Waals surface area contributed by atoms with Gasteiger partial charge in [0.25, 0.3) is 0 Å². The van der Waals surface area contributed by atoms with Crippen molar-refractivity contribution in [3.8, 4) is 0 Å². The van der Waals surface area contributed by atoms with E-state index < -0.39 is 0 Å². The fourth-order valence-electron chi connectivity index (χ4n) is 3.11. The van der Waals surface area contributed by atoms with E-state index in [1.54, 1.807) is 7.11 Å². The highest BCUT2D eigenvalue weighted by atomic mass is 16.5. The molecule has 1 fully saturated rings. The summed E-state index contributed by atoms with van der Waals surface area (Å²) in [5.74, 6) is 0.936. The zero-order valence-corrected chi connectivity index (χ0v) is 12.3. The fraction of sp³-hybridized carbons (Fsp3) is 0.647. The van der Waals surface area contributed by atoms with E-state index in [-0.39, 0.29) is 0 Å². The standard InChI is InChI=1S/C17H27NO/c1-3-14-6-5-9-17(11-14)18-12-15-7-4-8-16(10-15)13-19-2/h4,7-8,10,14,17-18H,3,5-6,9,11-13H2,1-2H3. The van der Waals surface area contributed by atoms with Gasteiger partial charge in [-0.25, -0.2) is 0 Å². The molecule has 2 nitrogen and oxygen atoms in total. The number of nitrogens with one attached hydrogen (secondary N) is 1. The van der Waals surface area contributed by atoms with Crippen molar-refractivity contribution in [3.05, 3.63) is 35.4 Å². The highest BCUT2D eigenvalue weighted by Gasteiger charge is 2.19. The van der Waals surface area contributed by atoms with Crippen LogP contribution in [0.3, 0.4) is 0 Å². The largest absolute Gasteiger partial charge is 0.380 e. The van der Waals surface area contributed by atoms with Crippen molar-refractivity contribution in [3.63, 3.8) is 0 Å². The van der Waals surface area contributed by atoms with Crippen molar-refractivity contribution in [1.82, 2.24) is 5.32 Å². The predicted octanol–water partition coefficient (Wildman–Crippen LogP) is 3.89. The molecular weight excluding hydrogens is 234 g/mol. The molecule has 19 heavy (non-hydrogen) atoms. The number of ether oxygens (including phenoxy) is 1. The fourth-order valence-corrected chi connectivity index (χ4v) is 3.11. The number of hydrogen-bond donors (Lipinski definition) is 1. The SMILES string of the molecule is CCC1CCCC(NCc2cccc(COC)c2)C1. The van der Waals surface area contributed by atoms with E-state index in [0.717, 1.165) is 12.5 Å². The Morgan fingerprint density at radius 2 is 2.11 bits per heavy atom. The van der Waals surface area contributed by atoms with Crippen LogP contribution in [0.15, 0.2) is 24.3 Å². The van der Waals surface area contributed by atoms with Gasteiger partial charge in [-0.2, -0.15) is 0 Å². The van der Waals surface area contributed by atoms with Crippen molar-refractivity contribution < 1.29 is 4.74 Å². The van der Waals surface area contributed by atoms with Crippen molar-refractivity contribution >= 4 is 0 Å². The topological polar surface area (TPSA) is 21.3 Å². The lowest BCUT2D eigenvalue weighted by atomic mass is 9.84. The molecule has 2 atom stereocenters. The van der Waals surface area contributed by atoms with Gasteiger partial charge in [0.15, 0.2) is 0 Å². The summed E-state index contributed by atoms with van der Waals surface area (Å²) in [5, 5.41) is 3.73. The van der Waals surface area contributed by atoms with E-state index >= 15 is 0 Å². The number of benzene rings is 1. The Morgan fingerprint density at radius 1 is 1.26 bits per heavy atom. The zero-order valence-electron chi connectivity index (χ0n) is 12.3. The third-order valence-corrected chi connectivity index (χ3v) is 4.26. The lowest BCUT2D eigenvalue weighted by Crippen LogP contribution is -2.33. The summed E-state index contributed by atoms with van der Waals surface area (Å²) < 4.78 is 5.19. The molecule has 0 aromatic heterocycles. The predicted molar refractivity (Wildman–Crippen MR) is 80.0 cm³/mol. The first-order chi connectivity index (χ1) is 9.31. The van der Waals surface area contributed by atoms with Gasteiger partial charge in [-0.05, 0) is 29.9 Å². The van der Waals surface area contributed by atoms with E-state index in [1.807, 2.05) is 0 Å². The molecule has 0 radical (unpaired) electrons. The minimum absolute atomic E-state index is 0.704. The van der Waals surface area contributed by atoms with Crippen LogP contribution in [-0.4, -0.2) is 13.2 Å². The average Bonchev–Trinajstić information content (AvgIpc) is 2.46. The Bertz CT molecular complexity index is 377. The monoisotopic (exact) mass is 261 g/mol. The maximum Gasteiger partial charge on any atom is 0.0713 e. The van der Waals surface area contributed by atoms with Crippen LogP contribution < -0.4 is 5.32 Å². The van der Waals surface area contributed by atoms with Crippen molar-refractivity contribution in [2.45, 2.75) is 58.2 Å². The molecule has 1 N–H and O–H groups in total. The van der Waals surface area contributed by atoms with E-state index in [9.17, 15) is 0 Å². The minimum Gasteiger partial charge on any atom is -0.380 e. The van der Waals surface area contributed by atoms with Crippen LogP contribution in [-0.2, 0) is 17.9 Å². The van der Waals surface area contributed by atoms with Crippen molar-refractivity contribution in [1.29, 1.82) is 0 Å². The summed E-state index contributed by atoms with van der Waals surface area (Å²) in [6, 6.07) is 9.41. The molecule has 1 aromatic carbocycles. The molecule has 2 unspecified atom stereocenters. The summed E-state index contributed by atoms with van der Waals surface area (Å²) in [7, 11) is 1.75. The summed E-state index contributed by atoms with van der Waals surface area (Å²) in [6.07, 6.45) is 6.85. The Labute approximate surface area is 117 Å². The minimum atomic E-state index is 0.704. The van der Waals surface area contributed by atoms with Crippen LogP contribution >= 0.6 is 0 Å². The van der Waals surface area contributed by atoms with Crippen LogP contribution in [0.4, 0.5) is 0 Å². The Hall–Kier alpha value is -0.860. The first kappa shape index (κ1) is 14.5. The molecule has 1 aliphatic carbocycles. The molecule has 2 heteroatoms. The van der Waals surface area contributed by atoms with E-state index in [2.05, 4.69) is 36.5 Å². The van der Waals surface area contributed by atoms with Crippen LogP contribution in [0.2, 0.25) is 0 Å². The van der Waals surface area contributed by atoms with Gasteiger partial charge in [0, 0.05) is 19.7 Å². The molecule has 0 heterocycles. The number of rotatable bonds is 6. The lowest BCUT2D eigenvalue weighted by Gasteiger charge is -2.29. The molecule has 0 spiro atoms. The second kappa shape index (κ2) is 7.66. The average molecular weight is 261 g/mol. The van der Waals surface area contributed by atoms with E-state index in [4.69, 9.17) is 4.74 Å². The molecule has 0 aliphatic heterocycles. The highest BCUT2D eigenvalue weighted by Crippen LogP contribution is 2.26. The van der Waals surface area contributed by atoms with Crippen LogP contribution in [0.25, 0.3) is 0 Å². The number of hydrogen-bond acceptors (Lipinski definition) is 2. The second-order valence-electron chi connectivity index (χ2n) is 5.77. The van der Waals surface area contributed by atoms with Crippen molar-refractivity contribution in [2.24, 2.45) is 5.92 Å².